The van der Waals surface area contributed by atoms with Crippen LogP contribution in [0.1, 0.15) is 84.9 Å². The minimum absolute atomic E-state index is 0.00997. The van der Waals surface area contributed by atoms with Crippen LogP contribution in [0.15, 0.2) is 84.1 Å². The maximum absolute atomic E-state index is 12.5. The predicted molar refractivity (Wildman–Crippen MR) is 244 cm³/mol. The van der Waals surface area contributed by atoms with Crippen LogP contribution in [0.5, 0.6) is 28.7 Å². The molecule has 11 heteroatoms. The van der Waals surface area contributed by atoms with Crippen LogP contribution in [0.4, 0.5) is 5.69 Å². The van der Waals surface area contributed by atoms with Crippen LogP contribution in [-0.2, 0) is 34.2 Å². The molecule has 0 aromatic heterocycles. The molecule has 6 atom stereocenters. The van der Waals surface area contributed by atoms with Crippen LogP contribution >= 0.6 is 0 Å². The summed E-state index contributed by atoms with van der Waals surface area (Å²) in [6.45, 7) is 5.42. The van der Waals surface area contributed by atoms with Crippen LogP contribution in [0.2, 0.25) is 0 Å². The smallest absolute Gasteiger partial charge is 0.302 e. The van der Waals surface area contributed by atoms with Gasteiger partial charge in [-0.1, -0.05) is 42.3 Å². The summed E-state index contributed by atoms with van der Waals surface area (Å²) in [5.41, 5.74) is 17.3. The van der Waals surface area contributed by atoms with E-state index in [0.717, 1.165) is 100 Å². The van der Waals surface area contributed by atoms with Gasteiger partial charge in [-0.15, -0.1) is 0 Å². The number of para-hydroxylation sites is 1. The van der Waals surface area contributed by atoms with Crippen molar-refractivity contribution >= 4 is 11.7 Å². The number of carbonyl (C=O) groups is 1. The third-order valence-corrected chi connectivity index (χ3v) is 13.8. The third kappa shape index (κ3) is 7.96. The van der Waals surface area contributed by atoms with E-state index in [1.54, 1.807) is 19.2 Å². The fourth-order valence-electron chi connectivity index (χ4n) is 11.1. The summed E-state index contributed by atoms with van der Waals surface area (Å²) in [7, 11) is 3.50. The highest BCUT2D eigenvalue weighted by Gasteiger charge is 2.52. The number of nitrogens with one attached hydrogen (secondary N) is 3. The second kappa shape index (κ2) is 17.6. The van der Waals surface area contributed by atoms with E-state index >= 15 is 0 Å². The van der Waals surface area contributed by atoms with Crippen molar-refractivity contribution in [3.63, 3.8) is 0 Å². The average Bonchev–Trinajstić information content (AvgIpc) is 3.85. The lowest BCUT2D eigenvalue weighted by Gasteiger charge is -2.40. The van der Waals surface area contributed by atoms with Crippen molar-refractivity contribution in [2.45, 2.75) is 82.4 Å². The molecule has 4 aromatic carbocycles. The summed E-state index contributed by atoms with van der Waals surface area (Å²) in [6, 6.07) is 20.1. The van der Waals surface area contributed by atoms with E-state index in [1.807, 2.05) is 25.3 Å². The molecule has 328 valence electrons. The number of aryl methyl sites for hydroxylation is 1. The molecule has 4 bridgehead atoms. The standard InChI is InChI=1S/C52H58N4O7/c1-5-55-42-11-7-6-9-31(42)13-14-36-33-19-20-52(27-33)28-34-23-35(58)25-46(60-4)48(34)39-16-15-38-41(29-62-30(2)57)50(63-51(38)49(39)52)40-26-45(61-22-21-54-3)44(59)24-32(40)10-8-12-43-37(36)17-18-47(53)56-43/h6-7,9,11,15-18,23-26,33,36,41,47,50,54-56,58-59H,5,10,13-14,19-22,27-29,53H2,1-4H3/t33-,36-,41+,47?,50-,52+/m1/s1. The molecule has 63 heavy (non-hydrogen) atoms. The highest BCUT2D eigenvalue weighted by atomic mass is 16.5. The van der Waals surface area contributed by atoms with E-state index in [0.29, 0.717) is 37.5 Å². The molecule has 4 aromatic rings. The van der Waals surface area contributed by atoms with E-state index in [9.17, 15) is 15.0 Å². The number of phenolic OH excluding ortho intramolecular Hbond substituents is 2. The van der Waals surface area contributed by atoms with Gasteiger partial charge in [-0.2, -0.15) is 0 Å². The minimum Gasteiger partial charge on any atom is -0.508 e. The molecule has 5 aliphatic rings. The number of hydrogen-bond donors (Lipinski definition) is 6. The first-order chi connectivity index (χ1) is 30.6. The maximum Gasteiger partial charge on any atom is 0.302 e. The monoisotopic (exact) mass is 850 g/mol. The van der Waals surface area contributed by atoms with Gasteiger partial charge in [-0.05, 0) is 128 Å². The Morgan fingerprint density at radius 3 is 2.73 bits per heavy atom. The second-order valence-corrected chi connectivity index (χ2v) is 17.6. The third-order valence-electron chi connectivity index (χ3n) is 13.8. The van der Waals surface area contributed by atoms with Crippen LogP contribution in [0.3, 0.4) is 0 Å². The van der Waals surface area contributed by atoms with Crippen molar-refractivity contribution in [1.29, 1.82) is 0 Å². The fourth-order valence-corrected chi connectivity index (χ4v) is 11.1. The normalized spacial score (nSPS) is 23.7. The first-order valence-corrected chi connectivity index (χ1v) is 22.4. The number of phenols is 2. The fraction of sp³-hybridized carbons (Fsp3) is 0.404. The average molecular weight is 851 g/mol. The Morgan fingerprint density at radius 2 is 1.92 bits per heavy atom. The number of likely N-dealkylation sites (N-methyl/N-ethyl adjacent to an activating group) is 1. The van der Waals surface area contributed by atoms with Gasteiger partial charge in [0.15, 0.2) is 11.5 Å². The highest BCUT2D eigenvalue weighted by molar-refractivity contribution is 5.84. The molecule has 11 nitrogen and oxygen atoms in total. The lowest BCUT2D eigenvalue weighted by atomic mass is 9.64. The lowest BCUT2D eigenvalue weighted by Crippen LogP contribution is -2.38. The lowest BCUT2D eigenvalue weighted by molar-refractivity contribution is -0.141. The number of methoxy groups -OCH3 is 1. The molecule has 9 rings (SSSR count). The van der Waals surface area contributed by atoms with Gasteiger partial charge in [0.05, 0.1) is 24.9 Å². The van der Waals surface area contributed by atoms with Gasteiger partial charge >= 0.3 is 5.97 Å². The molecule has 1 fully saturated rings. The van der Waals surface area contributed by atoms with Crippen molar-refractivity contribution in [3.8, 4) is 51.7 Å². The first-order valence-electron chi connectivity index (χ1n) is 22.4. The number of esters is 1. The van der Waals surface area contributed by atoms with Gasteiger partial charge < -0.3 is 50.8 Å². The molecule has 2 aliphatic carbocycles. The van der Waals surface area contributed by atoms with Crippen LogP contribution < -0.4 is 35.9 Å². The molecule has 7 N–H and O–H groups in total. The van der Waals surface area contributed by atoms with Gasteiger partial charge in [-0.3, -0.25) is 4.79 Å². The Labute approximate surface area is 370 Å². The summed E-state index contributed by atoms with van der Waals surface area (Å²) < 4.78 is 25.4. The molecule has 3 heterocycles. The zero-order chi connectivity index (χ0) is 43.8. The Bertz CT molecular complexity index is 2560. The van der Waals surface area contributed by atoms with Crippen molar-refractivity contribution in [1.82, 2.24) is 10.6 Å². The Kier molecular flexibility index (Phi) is 11.8. The van der Waals surface area contributed by atoms with E-state index < -0.39 is 12.3 Å². The molecule has 1 unspecified atom stereocenters. The number of aromatic hydroxyl groups is 2. The number of hydrogen-bond acceptors (Lipinski definition) is 11. The number of ether oxygens (including phenoxy) is 4. The first kappa shape index (κ1) is 42.2. The van der Waals surface area contributed by atoms with Gasteiger partial charge in [0.1, 0.15) is 36.6 Å². The molecular weight excluding hydrogens is 793 g/mol. The molecule has 3 aliphatic heterocycles. The quantitative estimate of drug-likeness (QED) is 0.0472. The minimum atomic E-state index is -0.596. The van der Waals surface area contributed by atoms with Gasteiger partial charge in [0, 0.05) is 65.9 Å². The van der Waals surface area contributed by atoms with Crippen molar-refractivity contribution < 1.29 is 34.0 Å². The van der Waals surface area contributed by atoms with Gasteiger partial charge in [-0.25, -0.2) is 0 Å². The number of fused-ring (bicyclic) bond motifs is 6. The Hall–Kier alpha value is -6.09. The van der Waals surface area contributed by atoms with Gasteiger partial charge in [0.2, 0.25) is 0 Å². The van der Waals surface area contributed by atoms with E-state index in [2.05, 4.69) is 77.2 Å². The number of rotatable bonds is 12. The number of carbonyl (C=O) groups excluding carboxylic acids is 1. The molecule has 1 saturated carbocycles. The molecule has 0 amide bonds. The zero-order valence-electron chi connectivity index (χ0n) is 36.6. The zero-order valence-corrected chi connectivity index (χ0v) is 36.6. The predicted octanol–water partition coefficient (Wildman–Crippen LogP) is 7.68. The van der Waals surface area contributed by atoms with Crippen molar-refractivity contribution in [2.24, 2.45) is 17.6 Å². The number of benzene rings is 4. The number of allylic oxidation sites excluding steroid dienone is 3. The Morgan fingerprint density at radius 1 is 1.06 bits per heavy atom. The summed E-state index contributed by atoms with van der Waals surface area (Å²) in [5.74, 6) is 8.59. The molecule has 0 saturated heterocycles. The van der Waals surface area contributed by atoms with Crippen LogP contribution in [0, 0.1) is 23.7 Å². The number of dihydropyridines is 1. The van der Waals surface area contributed by atoms with Gasteiger partial charge in [0.25, 0.3) is 0 Å². The van der Waals surface area contributed by atoms with E-state index in [4.69, 9.17) is 24.7 Å². The SMILES string of the molecule is CCNc1ccccc1CC[C@H]1C2=C(C#CCc3cc(O)c(OCCNC)cc3[C@H]3Oc4c(ccc5c4[C@]4(CC[C@@H]1C4)Cc1cc(O)cc(OC)c1-5)[C@@H]3COC(C)=O)NC(N)C=C2. The number of nitrogens with two attached hydrogens (primary N) is 1. The second-order valence-electron chi connectivity index (χ2n) is 17.6. The number of anilines is 1. The molecule has 0 radical (unpaired) electrons. The summed E-state index contributed by atoms with van der Waals surface area (Å²) in [4.78, 5) is 12.5. The van der Waals surface area contributed by atoms with E-state index in [-0.39, 0.29) is 47.2 Å². The highest BCUT2D eigenvalue weighted by Crippen LogP contribution is 2.63. The maximum atomic E-state index is 12.5. The summed E-state index contributed by atoms with van der Waals surface area (Å²) >= 11 is 0. The Balaban J connectivity index is 1.27. The molecule has 1 spiro atoms. The molecular formula is C52H58N4O7. The summed E-state index contributed by atoms with van der Waals surface area (Å²) in [5, 5.41) is 32.7. The van der Waals surface area contributed by atoms with Crippen LogP contribution in [-0.4, -0.2) is 62.8 Å². The summed E-state index contributed by atoms with van der Waals surface area (Å²) in [6.07, 6.45) is 8.72. The van der Waals surface area contributed by atoms with Crippen LogP contribution in [0.25, 0.3) is 11.1 Å². The van der Waals surface area contributed by atoms with Crippen molar-refractivity contribution in [2.75, 3.05) is 45.8 Å². The van der Waals surface area contributed by atoms with Crippen molar-refractivity contribution in [3.05, 3.63) is 117 Å². The topological polar surface area (TPSA) is 157 Å². The largest absolute Gasteiger partial charge is 0.508 e. The van der Waals surface area contributed by atoms with E-state index in [1.165, 1.54) is 12.5 Å².